The first-order valence-electron chi connectivity index (χ1n) is 6.36. The molecule has 92 valence electrons. The maximum atomic E-state index is 12.5. The van der Waals surface area contributed by atoms with E-state index < -0.39 is 0 Å². The zero-order valence-electron chi connectivity index (χ0n) is 10.5. The minimum absolute atomic E-state index is 0.101. The summed E-state index contributed by atoms with van der Waals surface area (Å²) in [7, 11) is 0. The number of benzene rings is 1. The van der Waals surface area contributed by atoms with Crippen molar-refractivity contribution in [3.05, 3.63) is 34.9 Å². The fraction of sp³-hybridized carbons (Fsp3) is 0.533. The highest BCUT2D eigenvalue weighted by Gasteiger charge is 2.42. The van der Waals surface area contributed by atoms with Crippen LogP contribution in [0, 0.1) is 5.92 Å². The summed E-state index contributed by atoms with van der Waals surface area (Å²) in [5.41, 5.74) is 0.914. The van der Waals surface area contributed by atoms with Crippen LogP contribution in [0.1, 0.15) is 45.1 Å². The van der Waals surface area contributed by atoms with Gasteiger partial charge in [0.2, 0.25) is 0 Å². The van der Waals surface area contributed by atoms with Crippen molar-refractivity contribution in [2.45, 2.75) is 44.9 Å². The number of ketones is 1. The zero-order chi connectivity index (χ0) is 12.5. The number of carbonyl (C=O) groups excluding carboxylic acids is 1. The van der Waals surface area contributed by atoms with Crippen molar-refractivity contribution in [3.63, 3.8) is 0 Å². The van der Waals surface area contributed by atoms with E-state index in [1.807, 2.05) is 38.1 Å². The van der Waals surface area contributed by atoms with Gasteiger partial charge in [-0.05, 0) is 30.5 Å². The van der Waals surface area contributed by atoms with Crippen LogP contribution in [-0.2, 0) is 10.2 Å². The quantitative estimate of drug-likeness (QED) is 0.778. The first kappa shape index (κ1) is 12.6. The van der Waals surface area contributed by atoms with E-state index in [9.17, 15) is 4.79 Å². The second kappa shape index (κ2) is 4.81. The average Bonchev–Trinajstić information content (AvgIpc) is 2.79. The van der Waals surface area contributed by atoms with Gasteiger partial charge in [0.1, 0.15) is 5.78 Å². The Labute approximate surface area is 108 Å². The van der Waals surface area contributed by atoms with Crippen molar-refractivity contribution >= 4 is 17.4 Å². The topological polar surface area (TPSA) is 17.1 Å². The fourth-order valence-electron chi connectivity index (χ4n) is 2.98. The Morgan fingerprint density at radius 3 is 2.18 bits per heavy atom. The van der Waals surface area contributed by atoms with E-state index in [0.29, 0.717) is 5.78 Å². The molecular weight excluding hydrogens is 232 g/mol. The van der Waals surface area contributed by atoms with Crippen LogP contribution in [0.2, 0.25) is 5.02 Å². The van der Waals surface area contributed by atoms with E-state index in [1.54, 1.807) is 0 Å². The molecule has 1 aliphatic carbocycles. The fourth-order valence-corrected chi connectivity index (χ4v) is 3.10. The number of carbonyl (C=O) groups is 1. The summed E-state index contributed by atoms with van der Waals surface area (Å²) in [6, 6.07) is 7.83. The third-order valence-electron chi connectivity index (χ3n) is 3.85. The SMILES string of the molecule is CC(C)C(=O)C1(c2ccc(Cl)cc2)CCCC1. The van der Waals surface area contributed by atoms with E-state index >= 15 is 0 Å². The van der Waals surface area contributed by atoms with Gasteiger partial charge in [-0.3, -0.25) is 4.79 Å². The van der Waals surface area contributed by atoms with Crippen LogP contribution < -0.4 is 0 Å². The molecule has 0 heterocycles. The molecule has 1 saturated carbocycles. The standard InChI is InChI=1S/C15H19ClO/c1-11(2)14(17)15(9-3-4-10-15)12-5-7-13(16)8-6-12/h5-8,11H,3-4,9-10H2,1-2H3. The van der Waals surface area contributed by atoms with Crippen molar-refractivity contribution in [2.75, 3.05) is 0 Å². The Balaban J connectivity index is 2.41. The van der Waals surface area contributed by atoms with E-state index in [2.05, 4.69) is 0 Å². The van der Waals surface area contributed by atoms with Crippen LogP contribution in [0.4, 0.5) is 0 Å². The predicted octanol–water partition coefficient (Wildman–Crippen LogP) is 4.38. The molecule has 0 amide bonds. The Morgan fingerprint density at radius 1 is 1.18 bits per heavy atom. The van der Waals surface area contributed by atoms with Crippen LogP contribution in [0.25, 0.3) is 0 Å². The van der Waals surface area contributed by atoms with Crippen LogP contribution in [-0.4, -0.2) is 5.78 Å². The van der Waals surface area contributed by atoms with Crippen LogP contribution in [0.15, 0.2) is 24.3 Å². The van der Waals surface area contributed by atoms with Gasteiger partial charge in [0, 0.05) is 10.9 Å². The van der Waals surface area contributed by atoms with Crippen molar-refractivity contribution in [2.24, 2.45) is 5.92 Å². The number of hydrogen-bond donors (Lipinski definition) is 0. The van der Waals surface area contributed by atoms with Crippen LogP contribution >= 0.6 is 11.6 Å². The molecule has 0 atom stereocenters. The predicted molar refractivity (Wildman–Crippen MR) is 71.4 cm³/mol. The lowest BCUT2D eigenvalue weighted by Gasteiger charge is -2.30. The van der Waals surface area contributed by atoms with Gasteiger partial charge in [0.25, 0.3) is 0 Å². The molecule has 0 spiro atoms. The van der Waals surface area contributed by atoms with Crippen molar-refractivity contribution in [1.29, 1.82) is 0 Å². The van der Waals surface area contributed by atoms with Crippen molar-refractivity contribution in [1.82, 2.24) is 0 Å². The molecule has 0 bridgehead atoms. The molecule has 2 heteroatoms. The lowest BCUT2D eigenvalue weighted by atomic mass is 9.72. The first-order chi connectivity index (χ1) is 8.06. The Hall–Kier alpha value is -0.820. The molecule has 1 aromatic carbocycles. The normalized spacial score (nSPS) is 18.6. The lowest BCUT2D eigenvalue weighted by Crippen LogP contribution is -2.36. The molecule has 1 nitrogen and oxygen atoms in total. The van der Waals surface area contributed by atoms with Gasteiger partial charge in [0.15, 0.2) is 0 Å². The summed E-state index contributed by atoms with van der Waals surface area (Å²) >= 11 is 5.92. The van der Waals surface area contributed by atoms with Crippen molar-refractivity contribution in [3.8, 4) is 0 Å². The number of hydrogen-bond acceptors (Lipinski definition) is 1. The monoisotopic (exact) mass is 250 g/mol. The van der Waals surface area contributed by atoms with E-state index in [1.165, 1.54) is 0 Å². The minimum atomic E-state index is -0.237. The minimum Gasteiger partial charge on any atom is -0.298 e. The lowest BCUT2D eigenvalue weighted by molar-refractivity contribution is -0.127. The molecule has 0 aromatic heterocycles. The molecule has 0 unspecified atom stereocenters. The summed E-state index contributed by atoms with van der Waals surface area (Å²) in [5.74, 6) is 0.487. The van der Waals surface area contributed by atoms with Gasteiger partial charge in [-0.25, -0.2) is 0 Å². The van der Waals surface area contributed by atoms with Crippen LogP contribution in [0.5, 0.6) is 0 Å². The summed E-state index contributed by atoms with van der Waals surface area (Å²) < 4.78 is 0. The van der Waals surface area contributed by atoms with E-state index in [-0.39, 0.29) is 11.3 Å². The average molecular weight is 251 g/mol. The largest absolute Gasteiger partial charge is 0.298 e. The molecule has 1 fully saturated rings. The van der Waals surface area contributed by atoms with Gasteiger partial charge in [-0.15, -0.1) is 0 Å². The van der Waals surface area contributed by atoms with Gasteiger partial charge in [-0.1, -0.05) is 50.4 Å². The molecule has 1 aromatic rings. The molecular formula is C15H19ClO. The smallest absolute Gasteiger partial charge is 0.145 e. The first-order valence-corrected chi connectivity index (χ1v) is 6.74. The molecule has 0 radical (unpaired) electrons. The van der Waals surface area contributed by atoms with Crippen molar-refractivity contribution < 1.29 is 4.79 Å². The molecule has 0 saturated heterocycles. The van der Waals surface area contributed by atoms with E-state index in [0.717, 1.165) is 36.3 Å². The van der Waals surface area contributed by atoms with Gasteiger partial charge in [-0.2, -0.15) is 0 Å². The van der Waals surface area contributed by atoms with Gasteiger partial charge >= 0.3 is 0 Å². The third kappa shape index (κ3) is 2.26. The Morgan fingerprint density at radius 2 is 1.71 bits per heavy atom. The summed E-state index contributed by atoms with van der Waals surface area (Å²) in [6.45, 7) is 4.00. The molecule has 1 aliphatic rings. The number of Topliss-reactive ketones (excluding diaryl/α,β-unsaturated/α-hetero) is 1. The van der Waals surface area contributed by atoms with Gasteiger partial charge in [0.05, 0.1) is 5.41 Å². The Bertz CT molecular complexity index is 399. The molecule has 0 aliphatic heterocycles. The maximum Gasteiger partial charge on any atom is 0.145 e. The number of halogens is 1. The van der Waals surface area contributed by atoms with Crippen LogP contribution in [0.3, 0.4) is 0 Å². The summed E-state index contributed by atoms with van der Waals surface area (Å²) in [6.07, 6.45) is 4.29. The summed E-state index contributed by atoms with van der Waals surface area (Å²) in [5, 5.41) is 0.735. The maximum absolute atomic E-state index is 12.5. The highest BCUT2D eigenvalue weighted by Crippen LogP contribution is 2.43. The second-order valence-corrected chi connectivity index (χ2v) is 5.75. The van der Waals surface area contributed by atoms with E-state index in [4.69, 9.17) is 11.6 Å². The number of rotatable bonds is 3. The molecule has 0 N–H and O–H groups in total. The summed E-state index contributed by atoms with van der Waals surface area (Å²) in [4.78, 5) is 12.5. The second-order valence-electron chi connectivity index (χ2n) is 5.32. The third-order valence-corrected chi connectivity index (χ3v) is 4.10. The zero-order valence-corrected chi connectivity index (χ0v) is 11.3. The highest BCUT2D eigenvalue weighted by molar-refractivity contribution is 6.30. The highest BCUT2D eigenvalue weighted by atomic mass is 35.5. The molecule has 2 rings (SSSR count). The van der Waals surface area contributed by atoms with Gasteiger partial charge < -0.3 is 0 Å². The Kier molecular flexibility index (Phi) is 3.58. The molecule has 17 heavy (non-hydrogen) atoms.